The fraction of sp³-hybridized carbons (Fsp3) is 0.545. The van der Waals surface area contributed by atoms with Crippen molar-refractivity contribution in [3.63, 3.8) is 0 Å². The number of primary sulfonamides is 1. The number of rotatable bonds is 11. The maximum Gasteiger partial charge on any atom is 0.335 e. The van der Waals surface area contributed by atoms with Crippen molar-refractivity contribution in [2.24, 2.45) is 17.0 Å². The number of hydrogen-bond acceptors (Lipinski definition) is 7. The first-order valence-electron chi connectivity index (χ1n) is 15.3. The Morgan fingerprint density at radius 1 is 1.30 bits per heavy atom. The SMILES string of the molecule is COCC[C@@](C)(C/C=C/[C@H](O)[C@@H]1CC[C@H]1CN1C[C@@]2(CCCc3cc(Cl)ccc32)COc2ccc(C(=O)O)cc21)S(N)(=O)=O. The van der Waals surface area contributed by atoms with Crippen molar-refractivity contribution >= 4 is 33.3 Å². The molecule has 11 heteroatoms. The van der Waals surface area contributed by atoms with Crippen LogP contribution in [0.1, 0.15) is 66.9 Å². The summed E-state index contributed by atoms with van der Waals surface area (Å²) < 4.78 is 34.9. The summed E-state index contributed by atoms with van der Waals surface area (Å²) in [6.07, 6.45) is 7.72. The monoisotopic (exact) mass is 646 g/mol. The molecule has 0 bridgehead atoms. The molecule has 0 saturated heterocycles. The molecule has 2 aliphatic carbocycles. The molecule has 2 aromatic carbocycles. The van der Waals surface area contributed by atoms with Gasteiger partial charge in [0, 0.05) is 37.2 Å². The number of aromatic carboxylic acids is 1. The summed E-state index contributed by atoms with van der Waals surface area (Å²) >= 11 is 6.36. The molecule has 0 amide bonds. The summed E-state index contributed by atoms with van der Waals surface area (Å²) in [6, 6.07) is 11.1. The van der Waals surface area contributed by atoms with Crippen molar-refractivity contribution in [1.82, 2.24) is 0 Å². The molecule has 0 aromatic heterocycles. The van der Waals surface area contributed by atoms with Crippen LogP contribution in [0.15, 0.2) is 48.6 Å². The van der Waals surface area contributed by atoms with Crippen LogP contribution in [0.2, 0.25) is 5.02 Å². The molecule has 1 heterocycles. The van der Waals surface area contributed by atoms with Crippen LogP contribution in [0.25, 0.3) is 0 Å². The maximum absolute atomic E-state index is 12.3. The Morgan fingerprint density at radius 2 is 2.09 bits per heavy atom. The predicted octanol–water partition coefficient (Wildman–Crippen LogP) is 4.93. The van der Waals surface area contributed by atoms with E-state index in [1.807, 2.05) is 12.1 Å². The summed E-state index contributed by atoms with van der Waals surface area (Å²) in [5.41, 5.74) is 3.11. The Labute approximate surface area is 265 Å². The van der Waals surface area contributed by atoms with Gasteiger partial charge in [-0.3, -0.25) is 0 Å². The number of sulfonamides is 1. The summed E-state index contributed by atoms with van der Waals surface area (Å²) in [6.45, 7) is 3.61. The zero-order valence-corrected chi connectivity index (χ0v) is 26.9. The molecular formula is C33H43ClN2O7S. The van der Waals surface area contributed by atoms with Crippen molar-refractivity contribution in [2.45, 2.75) is 68.1 Å². The van der Waals surface area contributed by atoms with Gasteiger partial charge in [-0.2, -0.15) is 0 Å². The van der Waals surface area contributed by atoms with Gasteiger partial charge in [0.05, 0.1) is 28.7 Å². The number of aryl methyl sites for hydroxylation is 1. The molecule has 1 saturated carbocycles. The van der Waals surface area contributed by atoms with Crippen molar-refractivity contribution in [1.29, 1.82) is 0 Å². The number of carboxylic acid groups (broad SMARTS) is 1. The number of ether oxygens (including phenoxy) is 2. The predicted molar refractivity (Wildman–Crippen MR) is 171 cm³/mol. The van der Waals surface area contributed by atoms with E-state index in [2.05, 4.69) is 11.0 Å². The number of aliphatic hydroxyl groups excluding tert-OH is 1. The van der Waals surface area contributed by atoms with E-state index in [1.165, 1.54) is 18.2 Å². The number of hydrogen-bond donors (Lipinski definition) is 3. The van der Waals surface area contributed by atoms with Gasteiger partial charge >= 0.3 is 5.97 Å². The van der Waals surface area contributed by atoms with E-state index in [-0.39, 0.29) is 42.3 Å². The van der Waals surface area contributed by atoms with Gasteiger partial charge < -0.3 is 24.6 Å². The Kier molecular flexibility index (Phi) is 9.68. The molecular weight excluding hydrogens is 604 g/mol. The van der Waals surface area contributed by atoms with E-state index in [9.17, 15) is 23.4 Å². The van der Waals surface area contributed by atoms with Gasteiger partial charge in [-0.25, -0.2) is 18.4 Å². The van der Waals surface area contributed by atoms with E-state index in [1.54, 1.807) is 37.3 Å². The van der Waals surface area contributed by atoms with E-state index in [0.717, 1.165) is 37.8 Å². The van der Waals surface area contributed by atoms with Crippen molar-refractivity contribution in [3.05, 3.63) is 70.3 Å². The highest BCUT2D eigenvalue weighted by molar-refractivity contribution is 7.90. The second kappa shape index (κ2) is 13.0. The topological polar surface area (TPSA) is 139 Å². The first kappa shape index (κ1) is 32.8. The number of carboxylic acids is 1. The van der Waals surface area contributed by atoms with Gasteiger partial charge in [0.1, 0.15) is 5.75 Å². The largest absolute Gasteiger partial charge is 0.490 e. The molecule has 44 heavy (non-hydrogen) atoms. The lowest BCUT2D eigenvalue weighted by molar-refractivity contribution is 0.0455. The van der Waals surface area contributed by atoms with Gasteiger partial charge in [-0.1, -0.05) is 29.8 Å². The molecule has 5 atom stereocenters. The second-order valence-corrected chi connectivity index (χ2v) is 15.5. The Morgan fingerprint density at radius 3 is 2.77 bits per heavy atom. The second-order valence-electron chi connectivity index (χ2n) is 13.0. The molecule has 9 nitrogen and oxygen atoms in total. The highest BCUT2D eigenvalue weighted by Crippen LogP contribution is 2.46. The van der Waals surface area contributed by atoms with E-state index in [0.29, 0.717) is 30.5 Å². The Balaban J connectivity index is 1.39. The van der Waals surface area contributed by atoms with Crippen LogP contribution in [0.3, 0.4) is 0 Å². The number of benzene rings is 2. The van der Waals surface area contributed by atoms with Gasteiger partial charge in [0.2, 0.25) is 10.0 Å². The number of carbonyl (C=O) groups is 1. The van der Waals surface area contributed by atoms with Gasteiger partial charge in [-0.05, 0) is 105 Å². The van der Waals surface area contributed by atoms with E-state index < -0.39 is 26.8 Å². The average Bonchev–Trinajstić information content (AvgIpc) is 3.10. The van der Waals surface area contributed by atoms with Crippen LogP contribution >= 0.6 is 11.6 Å². The smallest absolute Gasteiger partial charge is 0.335 e. The third-order valence-corrected chi connectivity index (χ3v) is 12.0. The third kappa shape index (κ3) is 6.65. The number of methoxy groups -OCH3 is 1. The van der Waals surface area contributed by atoms with E-state index in [4.69, 9.17) is 26.2 Å². The van der Waals surface area contributed by atoms with Crippen LogP contribution in [0.4, 0.5) is 5.69 Å². The molecule has 1 spiro atoms. The molecule has 4 N–H and O–H groups in total. The standard InChI is InChI=1S/C33H43ClN2O7S/c1-32(15-16-42-2,44(35,40)41)13-4-6-29(37)26-10-7-24(26)19-36-20-33(14-3-5-22-17-25(34)9-11-27(22)33)21-43-30-12-8-23(31(38)39)18-28(30)36/h4,6,8-9,11-12,17-18,24,26,29,37H,3,5,7,10,13-16,19-21H2,1-2H3,(H,38,39)(H2,35,40,41)/b6-4+/t24-,26+,29-,32+,33-/m0/s1. The highest BCUT2D eigenvalue weighted by Gasteiger charge is 2.44. The summed E-state index contributed by atoms with van der Waals surface area (Å²) in [5.74, 6) is -0.210. The first-order valence-corrected chi connectivity index (χ1v) is 17.2. The Bertz CT molecular complexity index is 1520. The lowest BCUT2D eigenvalue weighted by Crippen LogP contribution is -2.49. The van der Waals surface area contributed by atoms with Crippen LogP contribution in [-0.2, 0) is 26.6 Å². The summed E-state index contributed by atoms with van der Waals surface area (Å²) in [4.78, 5) is 14.2. The molecule has 1 aliphatic heterocycles. The van der Waals surface area contributed by atoms with Crippen LogP contribution in [0.5, 0.6) is 5.75 Å². The quantitative estimate of drug-likeness (QED) is 0.292. The minimum Gasteiger partial charge on any atom is -0.490 e. The van der Waals surface area contributed by atoms with Gasteiger partial charge in [0.15, 0.2) is 0 Å². The summed E-state index contributed by atoms with van der Waals surface area (Å²) in [5, 5.41) is 27.2. The number of anilines is 1. The van der Waals surface area contributed by atoms with Gasteiger partial charge in [-0.15, -0.1) is 0 Å². The average molecular weight is 647 g/mol. The zero-order valence-electron chi connectivity index (χ0n) is 25.4. The molecule has 1 fully saturated rings. The molecule has 0 radical (unpaired) electrons. The van der Waals surface area contributed by atoms with Crippen LogP contribution in [0, 0.1) is 11.8 Å². The minimum absolute atomic E-state index is 0.0189. The zero-order chi connectivity index (χ0) is 31.7. The number of fused-ring (bicyclic) bond motifs is 3. The number of nitrogens with zero attached hydrogens (tertiary/aromatic N) is 1. The van der Waals surface area contributed by atoms with Gasteiger partial charge in [0.25, 0.3) is 0 Å². The number of halogens is 1. The number of aliphatic hydroxyl groups is 1. The third-order valence-electron chi connectivity index (χ3n) is 10.1. The first-order chi connectivity index (χ1) is 20.9. The molecule has 240 valence electrons. The fourth-order valence-electron chi connectivity index (χ4n) is 7.08. The highest BCUT2D eigenvalue weighted by atomic mass is 35.5. The molecule has 0 unspecified atom stereocenters. The van der Waals surface area contributed by atoms with E-state index >= 15 is 0 Å². The van der Waals surface area contributed by atoms with Crippen LogP contribution < -0.4 is 14.8 Å². The Hall–Kier alpha value is -2.63. The molecule has 3 aliphatic rings. The van der Waals surface area contributed by atoms with Crippen molar-refractivity contribution in [3.8, 4) is 5.75 Å². The molecule has 2 aromatic rings. The molecule has 5 rings (SSSR count). The van der Waals surface area contributed by atoms with Crippen molar-refractivity contribution in [2.75, 3.05) is 38.3 Å². The maximum atomic E-state index is 12.3. The number of allylic oxidation sites excluding steroid dienone is 1. The normalized spacial score (nSPS) is 25.3. The lowest BCUT2D eigenvalue weighted by atomic mass is 9.68. The minimum atomic E-state index is -3.84. The summed E-state index contributed by atoms with van der Waals surface area (Å²) in [7, 11) is -2.32. The van der Waals surface area contributed by atoms with Crippen LogP contribution in [-0.4, -0.2) is 68.9 Å². The van der Waals surface area contributed by atoms with Crippen molar-refractivity contribution < 1.29 is 32.9 Å². The number of nitrogens with two attached hydrogens (primary N) is 1. The fourth-order valence-corrected chi connectivity index (χ4v) is 7.97. The lowest BCUT2D eigenvalue weighted by Gasteiger charge is -2.45.